The Morgan fingerprint density at radius 3 is 2.76 bits per heavy atom. The first-order valence-corrected chi connectivity index (χ1v) is 13.9. The van der Waals surface area contributed by atoms with Crippen LogP contribution in [0.3, 0.4) is 0 Å². The van der Waals surface area contributed by atoms with Gasteiger partial charge >= 0.3 is 0 Å². The molecule has 4 aromatic heterocycles. The van der Waals surface area contributed by atoms with Gasteiger partial charge in [-0.15, -0.1) is 11.3 Å². The molecule has 38 heavy (non-hydrogen) atoms. The van der Waals surface area contributed by atoms with Crippen LogP contribution in [0.2, 0.25) is 0 Å². The number of halogens is 1. The molecule has 5 aromatic rings. The maximum absolute atomic E-state index is 13.7. The molecule has 1 aliphatic heterocycles. The van der Waals surface area contributed by atoms with Gasteiger partial charge in [-0.25, -0.2) is 4.98 Å². The number of fused-ring (bicyclic) bond motifs is 2. The zero-order valence-electron chi connectivity index (χ0n) is 21.4. The van der Waals surface area contributed by atoms with E-state index in [-0.39, 0.29) is 5.13 Å². The topological polar surface area (TPSA) is 69.4 Å². The van der Waals surface area contributed by atoms with Crippen LogP contribution < -0.4 is 5.32 Å². The highest BCUT2D eigenvalue weighted by Gasteiger charge is 2.17. The van der Waals surface area contributed by atoms with Crippen molar-refractivity contribution >= 4 is 38.8 Å². The minimum atomic E-state index is -0.198. The quantitative estimate of drug-likeness (QED) is 0.190. The summed E-state index contributed by atoms with van der Waals surface area (Å²) in [7, 11) is 0. The number of thiophene rings is 1. The molecule has 1 aromatic carbocycles. The Morgan fingerprint density at radius 1 is 1.13 bits per heavy atom. The largest absolute Gasteiger partial charge is 0.338 e. The maximum Gasteiger partial charge on any atom is 0.176 e. The first-order chi connectivity index (χ1) is 18.6. The SMILES string of the molecule is C=C/C(=C\C(=C/C)c1ccc2[nH]nc(-c3cc4c(-c5ccc(F)s5)ccnc4[nH]3)c2c1)CC1CCNCC1. The number of pyridine rings is 1. The summed E-state index contributed by atoms with van der Waals surface area (Å²) in [5, 5.41) is 13.1. The lowest BCUT2D eigenvalue weighted by molar-refractivity contribution is 0.374. The number of nitrogens with one attached hydrogen (secondary N) is 3. The van der Waals surface area contributed by atoms with Crippen molar-refractivity contribution in [2.45, 2.75) is 26.2 Å². The Balaban J connectivity index is 1.36. The Labute approximate surface area is 225 Å². The minimum Gasteiger partial charge on any atom is -0.338 e. The molecule has 192 valence electrons. The molecule has 0 atom stereocenters. The average Bonchev–Trinajstić information content (AvgIpc) is 3.68. The van der Waals surface area contributed by atoms with Crippen LogP contribution in [-0.4, -0.2) is 33.3 Å². The molecule has 0 radical (unpaired) electrons. The maximum atomic E-state index is 13.7. The molecule has 0 bridgehead atoms. The Morgan fingerprint density at radius 2 is 2.00 bits per heavy atom. The lowest BCUT2D eigenvalue weighted by atomic mass is 9.89. The number of aromatic amines is 2. The number of hydrogen-bond donors (Lipinski definition) is 3. The molecule has 0 amide bonds. The third kappa shape index (κ3) is 4.75. The Kier molecular flexibility index (Phi) is 6.79. The van der Waals surface area contributed by atoms with Crippen molar-refractivity contribution in [3.8, 4) is 21.8 Å². The lowest BCUT2D eigenvalue weighted by Crippen LogP contribution is -2.27. The lowest BCUT2D eigenvalue weighted by Gasteiger charge is -2.23. The molecule has 5 nitrogen and oxygen atoms in total. The molecule has 0 saturated carbocycles. The Hall–Kier alpha value is -3.81. The number of allylic oxidation sites excluding steroid dienone is 5. The number of piperidine rings is 1. The minimum absolute atomic E-state index is 0.198. The highest BCUT2D eigenvalue weighted by atomic mass is 32.1. The summed E-state index contributed by atoms with van der Waals surface area (Å²) >= 11 is 1.14. The first kappa shape index (κ1) is 24.5. The number of nitrogens with zero attached hydrogens (tertiary/aromatic N) is 2. The zero-order valence-corrected chi connectivity index (χ0v) is 22.2. The van der Waals surface area contributed by atoms with Crippen LogP contribution >= 0.6 is 11.3 Å². The number of H-pyrrole nitrogens is 2. The van der Waals surface area contributed by atoms with E-state index in [2.05, 4.69) is 75.4 Å². The molecule has 1 saturated heterocycles. The molecule has 0 unspecified atom stereocenters. The van der Waals surface area contributed by atoms with Gasteiger partial charge in [0.2, 0.25) is 0 Å². The van der Waals surface area contributed by atoms with Crippen LogP contribution in [0.5, 0.6) is 0 Å². The van der Waals surface area contributed by atoms with Gasteiger partial charge in [0.05, 0.1) is 11.2 Å². The van der Waals surface area contributed by atoms with Crippen LogP contribution in [0.25, 0.3) is 49.3 Å². The van der Waals surface area contributed by atoms with Crippen LogP contribution in [0, 0.1) is 11.0 Å². The van der Waals surface area contributed by atoms with E-state index in [1.54, 1.807) is 6.20 Å². The van der Waals surface area contributed by atoms with Crippen LogP contribution in [0.15, 0.2) is 79.0 Å². The smallest absolute Gasteiger partial charge is 0.176 e. The molecule has 3 N–H and O–H groups in total. The van der Waals surface area contributed by atoms with E-state index in [9.17, 15) is 4.39 Å². The molecule has 6 rings (SSSR count). The van der Waals surface area contributed by atoms with Gasteiger partial charge in [0.15, 0.2) is 5.13 Å². The normalized spacial score (nSPS) is 15.5. The summed E-state index contributed by atoms with van der Waals surface area (Å²) in [5.41, 5.74) is 7.96. The van der Waals surface area contributed by atoms with Crippen molar-refractivity contribution in [2.75, 3.05) is 13.1 Å². The van der Waals surface area contributed by atoms with Crippen molar-refractivity contribution < 1.29 is 4.39 Å². The van der Waals surface area contributed by atoms with E-state index in [4.69, 9.17) is 0 Å². The van der Waals surface area contributed by atoms with Crippen molar-refractivity contribution in [3.63, 3.8) is 0 Å². The summed E-state index contributed by atoms with van der Waals surface area (Å²) < 4.78 is 13.7. The monoisotopic (exact) mass is 523 g/mol. The highest BCUT2D eigenvalue weighted by Crippen LogP contribution is 2.36. The van der Waals surface area contributed by atoms with E-state index in [0.717, 1.165) is 80.2 Å². The summed E-state index contributed by atoms with van der Waals surface area (Å²) in [6, 6.07) is 13.7. The molecule has 1 fully saturated rings. The zero-order chi connectivity index (χ0) is 26.1. The van der Waals surface area contributed by atoms with Gasteiger partial charge in [0, 0.05) is 27.4 Å². The molecular formula is C31H30FN5S. The van der Waals surface area contributed by atoms with E-state index in [1.807, 2.05) is 18.2 Å². The number of aromatic nitrogens is 4. The van der Waals surface area contributed by atoms with Crippen molar-refractivity contribution in [1.29, 1.82) is 0 Å². The van der Waals surface area contributed by atoms with E-state index < -0.39 is 0 Å². The van der Waals surface area contributed by atoms with Crippen LogP contribution in [-0.2, 0) is 0 Å². The fourth-order valence-corrected chi connectivity index (χ4v) is 6.15. The summed E-state index contributed by atoms with van der Waals surface area (Å²) in [6.07, 6.45) is 11.7. The van der Waals surface area contributed by atoms with E-state index in [0.29, 0.717) is 5.92 Å². The molecule has 0 aliphatic carbocycles. The second-order valence-electron chi connectivity index (χ2n) is 9.81. The predicted octanol–water partition coefficient (Wildman–Crippen LogP) is 7.88. The van der Waals surface area contributed by atoms with Crippen molar-refractivity contribution in [3.05, 3.63) is 89.7 Å². The summed E-state index contributed by atoms with van der Waals surface area (Å²) in [4.78, 5) is 8.83. The number of benzene rings is 1. The molecule has 5 heterocycles. The van der Waals surface area contributed by atoms with Gasteiger partial charge in [-0.2, -0.15) is 9.49 Å². The van der Waals surface area contributed by atoms with Gasteiger partial charge in [-0.05, 0) is 98.3 Å². The number of hydrogen-bond acceptors (Lipinski definition) is 4. The predicted molar refractivity (Wildman–Crippen MR) is 157 cm³/mol. The third-order valence-corrected chi connectivity index (χ3v) is 8.33. The fourth-order valence-electron chi connectivity index (χ4n) is 5.38. The standard InChI is InChI=1S/C31H30FN5S/c1-3-19(15-20-9-12-33-13-10-20)16-21(4-2)22-5-6-26-25(17-22)30(37-36-26)27-18-24-23(11-14-34-31(24)35-27)28-7-8-29(32)38-28/h3-8,11,14,16-18,20,33H,1,9-10,12-13,15H2,2H3,(H,34,35)(H,36,37)/b19-16+,21-4+. The second-order valence-corrected chi connectivity index (χ2v) is 10.8. The first-order valence-electron chi connectivity index (χ1n) is 13.1. The van der Waals surface area contributed by atoms with Crippen LogP contribution in [0.4, 0.5) is 4.39 Å². The number of rotatable bonds is 7. The van der Waals surface area contributed by atoms with Gasteiger partial charge in [0.1, 0.15) is 11.3 Å². The molecule has 1 aliphatic rings. The second kappa shape index (κ2) is 10.5. The van der Waals surface area contributed by atoms with Gasteiger partial charge in [-0.3, -0.25) is 5.10 Å². The highest BCUT2D eigenvalue weighted by molar-refractivity contribution is 7.14. The van der Waals surface area contributed by atoms with Gasteiger partial charge in [0.25, 0.3) is 0 Å². The average molecular weight is 524 g/mol. The van der Waals surface area contributed by atoms with Crippen molar-refractivity contribution in [1.82, 2.24) is 25.5 Å². The summed E-state index contributed by atoms with van der Waals surface area (Å²) in [5.74, 6) is 0.702. The van der Waals surface area contributed by atoms with Gasteiger partial charge < -0.3 is 10.3 Å². The summed E-state index contributed by atoms with van der Waals surface area (Å²) in [6.45, 7) is 8.37. The van der Waals surface area contributed by atoms with E-state index in [1.165, 1.54) is 30.1 Å². The molecular weight excluding hydrogens is 493 g/mol. The third-order valence-electron chi connectivity index (χ3n) is 7.42. The van der Waals surface area contributed by atoms with Gasteiger partial charge in [-0.1, -0.05) is 30.9 Å². The molecule has 7 heteroatoms. The van der Waals surface area contributed by atoms with Crippen LogP contribution in [0.1, 0.15) is 31.7 Å². The van der Waals surface area contributed by atoms with Crippen molar-refractivity contribution in [2.24, 2.45) is 5.92 Å². The Bertz CT molecular complexity index is 1680. The fraction of sp³-hybridized carbons (Fsp3) is 0.226. The molecule has 0 spiro atoms. The van der Waals surface area contributed by atoms with E-state index >= 15 is 0 Å².